The highest BCUT2D eigenvalue weighted by Crippen LogP contribution is 2.32. The second-order valence-corrected chi connectivity index (χ2v) is 5.54. The van der Waals surface area contributed by atoms with E-state index >= 15 is 0 Å². The summed E-state index contributed by atoms with van der Waals surface area (Å²) < 4.78 is 5.70. The zero-order valence-corrected chi connectivity index (χ0v) is 11.8. The van der Waals surface area contributed by atoms with E-state index in [1.807, 2.05) is 12.1 Å². The van der Waals surface area contributed by atoms with Crippen molar-refractivity contribution in [3.63, 3.8) is 0 Å². The highest BCUT2D eigenvalue weighted by atomic mass is 35.5. The van der Waals surface area contributed by atoms with Crippen LogP contribution < -0.4 is 5.32 Å². The summed E-state index contributed by atoms with van der Waals surface area (Å²) in [6.07, 6.45) is 3.45. The summed E-state index contributed by atoms with van der Waals surface area (Å²) >= 11 is 5.94. The molecule has 0 aliphatic carbocycles. The van der Waals surface area contributed by atoms with Crippen molar-refractivity contribution in [3.05, 3.63) is 34.9 Å². The number of unbranched alkanes of at least 4 members (excludes halogenated alkanes) is 1. The van der Waals surface area contributed by atoms with Crippen LogP contribution in [0.15, 0.2) is 24.3 Å². The highest BCUT2D eigenvalue weighted by molar-refractivity contribution is 6.30. The van der Waals surface area contributed by atoms with E-state index in [4.69, 9.17) is 16.3 Å². The maximum absolute atomic E-state index is 5.94. The fourth-order valence-corrected chi connectivity index (χ4v) is 2.50. The van der Waals surface area contributed by atoms with E-state index in [9.17, 15) is 0 Å². The maximum atomic E-state index is 5.94. The minimum atomic E-state index is 0.261. The lowest BCUT2D eigenvalue weighted by Crippen LogP contribution is -2.57. The van der Waals surface area contributed by atoms with Crippen LogP contribution in [0.4, 0.5) is 0 Å². The first-order valence-corrected chi connectivity index (χ1v) is 7.19. The van der Waals surface area contributed by atoms with Gasteiger partial charge in [-0.25, -0.2) is 0 Å². The summed E-state index contributed by atoms with van der Waals surface area (Å²) in [5.41, 5.74) is 1.64. The van der Waals surface area contributed by atoms with Gasteiger partial charge in [-0.3, -0.25) is 0 Å². The Balaban J connectivity index is 1.88. The Morgan fingerprint density at radius 2 is 1.94 bits per heavy atom. The predicted molar refractivity (Wildman–Crippen MR) is 76.3 cm³/mol. The third-order valence-electron chi connectivity index (χ3n) is 3.75. The molecule has 0 spiro atoms. The summed E-state index contributed by atoms with van der Waals surface area (Å²) in [5, 5.41) is 4.18. The number of hydrogen-bond donors (Lipinski definition) is 1. The Kier molecular flexibility index (Phi) is 5.04. The van der Waals surface area contributed by atoms with Gasteiger partial charge in [0, 0.05) is 36.7 Å². The second kappa shape index (κ2) is 6.55. The molecular weight excluding hydrogens is 246 g/mol. The molecule has 0 bridgehead atoms. The smallest absolute Gasteiger partial charge is 0.0475 e. The van der Waals surface area contributed by atoms with Crippen LogP contribution in [-0.2, 0) is 10.2 Å². The zero-order valence-electron chi connectivity index (χ0n) is 11.0. The minimum absolute atomic E-state index is 0.261. The Morgan fingerprint density at radius 1 is 1.22 bits per heavy atom. The first-order valence-electron chi connectivity index (χ1n) is 6.81. The van der Waals surface area contributed by atoms with E-state index in [0.717, 1.165) is 44.2 Å². The predicted octanol–water partition coefficient (Wildman–Crippen LogP) is 3.39. The summed E-state index contributed by atoms with van der Waals surface area (Å²) in [7, 11) is 0. The van der Waals surface area contributed by atoms with Crippen LogP contribution in [0.3, 0.4) is 0 Å². The lowest BCUT2D eigenvalue weighted by molar-refractivity contribution is 0.0973. The number of nitrogens with one attached hydrogen (secondary N) is 1. The molecule has 0 saturated carbocycles. The average Bonchev–Trinajstić information content (AvgIpc) is 2.33. The summed E-state index contributed by atoms with van der Waals surface area (Å²) in [6.45, 7) is 6.02. The van der Waals surface area contributed by atoms with Crippen molar-refractivity contribution >= 4 is 11.6 Å². The van der Waals surface area contributed by atoms with Crippen LogP contribution in [0.25, 0.3) is 0 Å². The van der Waals surface area contributed by atoms with Gasteiger partial charge in [-0.1, -0.05) is 37.1 Å². The fourth-order valence-electron chi connectivity index (χ4n) is 2.37. The molecule has 100 valence electrons. The van der Waals surface area contributed by atoms with Crippen molar-refractivity contribution in [3.8, 4) is 0 Å². The number of benzene rings is 1. The number of hydrogen-bond acceptors (Lipinski definition) is 2. The third kappa shape index (κ3) is 3.25. The second-order valence-electron chi connectivity index (χ2n) is 5.11. The monoisotopic (exact) mass is 267 g/mol. The van der Waals surface area contributed by atoms with Crippen LogP contribution >= 0.6 is 11.6 Å². The van der Waals surface area contributed by atoms with Gasteiger partial charge in [0.2, 0.25) is 0 Å². The van der Waals surface area contributed by atoms with Gasteiger partial charge in [-0.05, 0) is 30.5 Å². The maximum Gasteiger partial charge on any atom is 0.0475 e. The van der Waals surface area contributed by atoms with E-state index in [1.165, 1.54) is 12.0 Å². The molecular formula is C15H22ClNO. The van der Waals surface area contributed by atoms with Crippen molar-refractivity contribution in [1.29, 1.82) is 0 Å². The van der Waals surface area contributed by atoms with Crippen LogP contribution in [0, 0.1) is 0 Å². The minimum Gasteiger partial charge on any atom is -0.381 e. The molecule has 18 heavy (non-hydrogen) atoms. The molecule has 2 rings (SSSR count). The number of halogens is 1. The molecule has 1 fully saturated rings. The molecule has 0 aromatic heterocycles. The Hall–Kier alpha value is -0.570. The zero-order chi connectivity index (χ0) is 12.8. The lowest BCUT2D eigenvalue weighted by atomic mass is 9.73. The van der Waals surface area contributed by atoms with Gasteiger partial charge in [0.25, 0.3) is 0 Å². The molecule has 3 heteroatoms. The molecule has 0 atom stereocenters. The van der Waals surface area contributed by atoms with Gasteiger partial charge in [-0.2, -0.15) is 0 Å². The average molecular weight is 268 g/mol. The van der Waals surface area contributed by atoms with Crippen molar-refractivity contribution in [2.45, 2.75) is 31.6 Å². The molecule has 1 aliphatic heterocycles. The Bertz CT molecular complexity index is 359. The van der Waals surface area contributed by atoms with Gasteiger partial charge in [0.05, 0.1) is 0 Å². The fraction of sp³-hybridized carbons (Fsp3) is 0.600. The molecule has 1 aliphatic rings. The van der Waals surface area contributed by atoms with Gasteiger partial charge in [0.1, 0.15) is 0 Å². The lowest BCUT2D eigenvalue weighted by Gasteiger charge is -2.43. The van der Waals surface area contributed by atoms with Crippen molar-refractivity contribution in [1.82, 2.24) is 5.32 Å². The molecule has 0 radical (unpaired) electrons. The first-order chi connectivity index (χ1) is 8.77. The van der Waals surface area contributed by atoms with Crippen LogP contribution in [0.5, 0.6) is 0 Å². The van der Waals surface area contributed by atoms with Crippen LogP contribution in [0.2, 0.25) is 5.02 Å². The van der Waals surface area contributed by atoms with Gasteiger partial charge in [0.15, 0.2) is 0 Å². The highest BCUT2D eigenvalue weighted by Gasteiger charge is 2.38. The molecule has 1 N–H and O–H groups in total. The Labute approximate surface area is 115 Å². The van der Waals surface area contributed by atoms with E-state index < -0.39 is 0 Å². The molecule has 1 heterocycles. The van der Waals surface area contributed by atoms with Gasteiger partial charge < -0.3 is 10.1 Å². The SMILES string of the molecule is CCCCOCCC1(c2ccc(Cl)cc2)CNC1. The summed E-state index contributed by atoms with van der Waals surface area (Å²) in [6, 6.07) is 8.26. The molecule has 0 amide bonds. The van der Waals surface area contributed by atoms with Gasteiger partial charge >= 0.3 is 0 Å². The summed E-state index contributed by atoms with van der Waals surface area (Å²) in [4.78, 5) is 0. The standard InChI is InChI=1S/C15H22ClNO/c1-2-3-9-18-10-8-15(11-17-12-15)13-4-6-14(16)7-5-13/h4-7,17H,2-3,8-12H2,1H3. The Morgan fingerprint density at radius 3 is 2.50 bits per heavy atom. The van der Waals surface area contributed by atoms with E-state index in [2.05, 4.69) is 24.4 Å². The molecule has 2 nitrogen and oxygen atoms in total. The van der Waals surface area contributed by atoms with Crippen molar-refractivity contribution in [2.24, 2.45) is 0 Å². The largest absolute Gasteiger partial charge is 0.381 e. The first kappa shape index (κ1) is 13.9. The van der Waals surface area contributed by atoms with Crippen molar-refractivity contribution in [2.75, 3.05) is 26.3 Å². The van der Waals surface area contributed by atoms with Crippen LogP contribution in [0.1, 0.15) is 31.7 Å². The number of ether oxygens (including phenoxy) is 1. The van der Waals surface area contributed by atoms with Crippen LogP contribution in [-0.4, -0.2) is 26.3 Å². The molecule has 0 unspecified atom stereocenters. The molecule has 1 saturated heterocycles. The van der Waals surface area contributed by atoms with Gasteiger partial charge in [-0.15, -0.1) is 0 Å². The quantitative estimate of drug-likeness (QED) is 0.765. The number of rotatable bonds is 7. The van der Waals surface area contributed by atoms with E-state index in [1.54, 1.807) is 0 Å². The molecule has 1 aromatic carbocycles. The van der Waals surface area contributed by atoms with Crippen molar-refractivity contribution < 1.29 is 4.74 Å². The molecule has 1 aromatic rings. The topological polar surface area (TPSA) is 21.3 Å². The van der Waals surface area contributed by atoms with E-state index in [0.29, 0.717) is 0 Å². The third-order valence-corrected chi connectivity index (χ3v) is 4.00. The normalized spacial score (nSPS) is 17.4. The summed E-state index contributed by atoms with van der Waals surface area (Å²) in [5.74, 6) is 0. The van der Waals surface area contributed by atoms with E-state index in [-0.39, 0.29) is 5.41 Å².